The normalized spacial score (nSPS) is 26.2. The molecule has 118 valence electrons. The van der Waals surface area contributed by atoms with E-state index in [0.29, 0.717) is 6.61 Å². The number of hydrogen-bond acceptors (Lipinski definition) is 2. The lowest BCUT2D eigenvalue weighted by Gasteiger charge is -2.41. The summed E-state index contributed by atoms with van der Waals surface area (Å²) in [5.41, 5.74) is 1.14. The van der Waals surface area contributed by atoms with E-state index in [0.717, 1.165) is 41.8 Å². The Balaban J connectivity index is 1.96. The number of rotatable bonds is 6. The van der Waals surface area contributed by atoms with Crippen molar-refractivity contribution in [2.24, 2.45) is 11.8 Å². The Kier molecular flexibility index (Phi) is 6.09. The summed E-state index contributed by atoms with van der Waals surface area (Å²) < 4.78 is 6.36. The van der Waals surface area contributed by atoms with Gasteiger partial charge in [-0.3, -0.25) is 0 Å². The SMILES string of the molecule is CNCC1(OCc2cccc(Cl)c2)CCC(C(C)C)CC1. The van der Waals surface area contributed by atoms with Crippen LogP contribution in [0.4, 0.5) is 0 Å². The fourth-order valence-corrected chi connectivity index (χ4v) is 3.60. The lowest BCUT2D eigenvalue weighted by molar-refractivity contribution is -0.0880. The van der Waals surface area contributed by atoms with E-state index < -0.39 is 0 Å². The van der Waals surface area contributed by atoms with E-state index in [2.05, 4.69) is 25.2 Å². The standard InChI is InChI=1S/C18H28ClNO/c1-14(2)16-7-9-18(10-8-16,13-20-3)21-12-15-5-4-6-17(19)11-15/h4-6,11,14,16,20H,7-10,12-13H2,1-3H3. The molecule has 0 aromatic heterocycles. The van der Waals surface area contributed by atoms with Crippen molar-refractivity contribution in [2.45, 2.75) is 51.7 Å². The first-order valence-corrected chi connectivity index (χ1v) is 8.45. The van der Waals surface area contributed by atoms with Crippen molar-refractivity contribution in [3.63, 3.8) is 0 Å². The Morgan fingerprint density at radius 1 is 1.33 bits per heavy atom. The van der Waals surface area contributed by atoms with Gasteiger partial charge in [0.25, 0.3) is 0 Å². The van der Waals surface area contributed by atoms with Crippen LogP contribution in [0.1, 0.15) is 45.1 Å². The first kappa shape index (κ1) is 16.8. The first-order valence-electron chi connectivity index (χ1n) is 8.08. The van der Waals surface area contributed by atoms with Crippen molar-refractivity contribution < 1.29 is 4.74 Å². The summed E-state index contributed by atoms with van der Waals surface area (Å²) in [6.45, 7) is 6.25. The van der Waals surface area contributed by atoms with Crippen LogP contribution in [0.3, 0.4) is 0 Å². The minimum absolute atomic E-state index is 0.0115. The molecule has 0 unspecified atom stereocenters. The van der Waals surface area contributed by atoms with Crippen molar-refractivity contribution in [1.82, 2.24) is 5.32 Å². The Morgan fingerprint density at radius 2 is 2.05 bits per heavy atom. The molecule has 0 spiro atoms. The Morgan fingerprint density at radius 3 is 2.62 bits per heavy atom. The van der Waals surface area contributed by atoms with Gasteiger partial charge < -0.3 is 10.1 Å². The van der Waals surface area contributed by atoms with Gasteiger partial charge in [0, 0.05) is 11.6 Å². The smallest absolute Gasteiger partial charge is 0.0810 e. The van der Waals surface area contributed by atoms with Crippen molar-refractivity contribution in [1.29, 1.82) is 0 Å². The largest absolute Gasteiger partial charge is 0.369 e. The molecular weight excluding hydrogens is 282 g/mol. The summed E-state index contributed by atoms with van der Waals surface area (Å²) in [5.74, 6) is 1.63. The number of ether oxygens (including phenoxy) is 1. The fraction of sp³-hybridized carbons (Fsp3) is 0.667. The first-order chi connectivity index (χ1) is 10.0. The third-order valence-electron chi connectivity index (χ3n) is 4.82. The number of hydrogen-bond donors (Lipinski definition) is 1. The third-order valence-corrected chi connectivity index (χ3v) is 5.05. The van der Waals surface area contributed by atoms with Gasteiger partial charge in [-0.05, 0) is 62.3 Å². The summed E-state index contributed by atoms with van der Waals surface area (Å²) in [7, 11) is 2.01. The zero-order chi connectivity index (χ0) is 15.3. The van der Waals surface area contributed by atoms with E-state index in [1.807, 2.05) is 25.2 Å². The number of benzene rings is 1. The molecule has 1 aliphatic carbocycles. The summed E-state index contributed by atoms with van der Waals surface area (Å²) in [4.78, 5) is 0. The van der Waals surface area contributed by atoms with Gasteiger partial charge >= 0.3 is 0 Å². The molecule has 2 rings (SSSR count). The zero-order valence-electron chi connectivity index (χ0n) is 13.5. The van der Waals surface area contributed by atoms with Crippen LogP contribution in [0.25, 0.3) is 0 Å². The van der Waals surface area contributed by atoms with Gasteiger partial charge in [-0.15, -0.1) is 0 Å². The molecule has 0 saturated heterocycles. The molecule has 1 saturated carbocycles. The minimum Gasteiger partial charge on any atom is -0.369 e. The van der Waals surface area contributed by atoms with E-state index in [1.165, 1.54) is 12.8 Å². The van der Waals surface area contributed by atoms with E-state index in [9.17, 15) is 0 Å². The zero-order valence-corrected chi connectivity index (χ0v) is 14.2. The lowest BCUT2D eigenvalue weighted by atomic mass is 9.74. The predicted molar refractivity (Wildman–Crippen MR) is 89.7 cm³/mol. The molecule has 3 heteroatoms. The second-order valence-electron chi connectivity index (χ2n) is 6.71. The lowest BCUT2D eigenvalue weighted by Crippen LogP contribution is -2.45. The third kappa shape index (κ3) is 4.70. The van der Waals surface area contributed by atoms with Gasteiger partial charge in [0.2, 0.25) is 0 Å². The van der Waals surface area contributed by atoms with Gasteiger partial charge in [0.05, 0.1) is 12.2 Å². The average Bonchev–Trinajstić information content (AvgIpc) is 2.46. The predicted octanol–water partition coefficient (Wildman–Crippen LogP) is 4.66. The molecule has 1 aliphatic rings. The van der Waals surface area contributed by atoms with Crippen LogP contribution in [-0.4, -0.2) is 19.2 Å². The number of halogens is 1. The summed E-state index contributed by atoms with van der Waals surface area (Å²) >= 11 is 6.05. The average molecular weight is 310 g/mol. The highest BCUT2D eigenvalue weighted by atomic mass is 35.5. The van der Waals surface area contributed by atoms with Gasteiger partial charge in [0.15, 0.2) is 0 Å². The highest BCUT2D eigenvalue weighted by Crippen LogP contribution is 2.38. The number of likely N-dealkylation sites (N-methyl/N-ethyl adjacent to an activating group) is 1. The molecule has 1 fully saturated rings. The van der Waals surface area contributed by atoms with E-state index in [4.69, 9.17) is 16.3 Å². The van der Waals surface area contributed by atoms with Gasteiger partial charge in [-0.25, -0.2) is 0 Å². The Labute approximate surface area is 134 Å². The topological polar surface area (TPSA) is 21.3 Å². The van der Waals surface area contributed by atoms with Crippen LogP contribution in [0, 0.1) is 11.8 Å². The van der Waals surface area contributed by atoms with Gasteiger partial charge in [0.1, 0.15) is 0 Å². The second-order valence-corrected chi connectivity index (χ2v) is 7.15. The van der Waals surface area contributed by atoms with Crippen LogP contribution < -0.4 is 5.32 Å². The Bertz CT molecular complexity index is 439. The van der Waals surface area contributed by atoms with E-state index in [-0.39, 0.29) is 5.60 Å². The maximum Gasteiger partial charge on any atom is 0.0810 e. The molecule has 0 bridgehead atoms. The maximum atomic E-state index is 6.36. The molecule has 21 heavy (non-hydrogen) atoms. The van der Waals surface area contributed by atoms with Crippen LogP contribution >= 0.6 is 11.6 Å². The fourth-order valence-electron chi connectivity index (χ4n) is 3.39. The van der Waals surface area contributed by atoms with Crippen LogP contribution in [0.15, 0.2) is 24.3 Å². The highest BCUT2D eigenvalue weighted by Gasteiger charge is 2.36. The molecule has 0 amide bonds. The minimum atomic E-state index is -0.0115. The van der Waals surface area contributed by atoms with Crippen LogP contribution in [-0.2, 0) is 11.3 Å². The summed E-state index contributed by atoms with van der Waals surface area (Å²) in [6.07, 6.45) is 4.85. The summed E-state index contributed by atoms with van der Waals surface area (Å²) in [6, 6.07) is 7.97. The second kappa shape index (κ2) is 7.62. The molecule has 2 nitrogen and oxygen atoms in total. The quantitative estimate of drug-likeness (QED) is 0.825. The van der Waals surface area contributed by atoms with Gasteiger partial charge in [-0.2, -0.15) is 0 Å². The van der Waals surface area contributed by atoms with Crippen molar-refractivity contribution in [3.8, 4) is 0 Å². The highest BCUT2D eigenvalue weighted by molar-refractivity contribution is 6.30. The van der Waals surface area contributed by atoms with Crippen LogP contribution in [0.2, 0.25) is 5.02 Å². The van der Waals surface area contributed by atoms with Crippen molar-refractivity contribution in [2.75, 3.05) is 13.6 Å². The molecule has 1 aromatic rings. The monoisotopic (exact) mass is 309 g/mol. The van der Waals surface area contributed by atoms with Crippen molar-refractivity contribution >= 4 is 11.6 Å². The molecule has 1 aromatic carbocycles. The maximum absolute atomic E-state index is 6.36. The van der Waals surface area contributed by atoms with E-state index in [1.54, 1.807) is 0 Å². The van der Waals surface area contributed by atoms with Crippen molar-refractivity contribution in [3.05, 3.63) is 34.9 Å². The Hall–Kier alpha value is -0.570. The molecule has 0 aliphatic heterocycles. The van der Waals surface area contributed by atoms with Crippen LogP contribution in [0.5, 0.6) is 0 Å². The molecule has 0 atom stereocenters. The van der Waals surface area contributed by atoms with Gasteiger partial charge in [-0.1, -0.05) is 37.6 Å². The molecular formula is C18H28ClNO. The molecule has 1 N–H and O–H groups in total. The molecule has 0 heterocycles. The molecule has 0 radical (unpaired) electrons. The number of nitrogens with one attached hydrogen (secondary N) is 1. The summed E-state index contributed by atoms with van der Waals surface area (Å²) in [5, 5.41) is 4.10. The van der Waals surface area contributed by atoms with E-state index >= 15 is 0 Å².